The molecule has 112 valence electrons. The van der Waals surface area contributed by atoms with Crippen molar-refractivity contribution < 1.29 is 12.8 Å². The van der Waals surface area contributed by atoms with Crippen molar-refractivity contribution in [3.05, 3.63) is 56.7 Å². The van der Waals surface area contributed by atoms with Gasteiger partial charge in [-0.25, -0.2) is 17.5 Å². The molecular formula is C13H11Br2FN2O2S. The van der Waals surface area contributed by atoms with Gasteiger partial charge in [0.25, 0.3) is 0 Å². The highest BCUT2D eigenvalue weighted by molar-refractivity contribution is 9.11. The van der Waals surface area contributed by atoms with Crippen LogP contribution < -0.4 is 10.5 Å². The molecular weight excluding hydrogens is 427 g/mol. The molecule has 0 bridgehead atoms. The first kappa shape index (κ1) is 16.4. The third-order valence-corrected chi connectivity index (χ3v) is 5.58. The van der Waals surface area contributed by atoms with Crippen molar-refractivity contribution in [2.45, 2.75) is 11.4 Å². The molecule has 8 heteroatoms. The summed E-state index contributed by atoms with van der Waals surface area (Å²) < 4.78 is 41.4. The van der Waals surface area contributed by atoms with Gasteiger partial charge in [0.05, 0.1) is 5.69 Å². The van der Waals surface area contributed by atoms with E-state index in [1.165, 1.54) is 24.3 Å². The topological polar surface area (TPSA) is 72.2 Å². The van der Waals surface area contributed by atoms with E-state index in [2.05, 4.69) is 36.6 Å². The van der Waals surface area contributed by atoms with Gasteiger partial charge in [-0.2, -0.15) is 0 Å². The minimum Gasteiger partial charge on any atom is -0.398 e. The molecule has 2 rings (SSSR count). The molecule has 0 heterocycles. The van der Waals surface area contributed by atoms with Crippen LogP contribution in [0.25, 0.3) is 0 Å². The highest BCUT2D eigenvalue weighted by Gasteiger charge is 2.21. The molecule has 2 aromatic rings. The summed E-state index contributed by atoms with van der Waals surface area (Å²) in [5.41, 5.74) is 6.11. The van der Waals surface area contributed by atoms with E-state index in [0.29, 0.717) is 8.95 Å². The lowest BCUT2D eigenvalue weighted by atomic mass is 10.2. The van der Waals surface area contributed by atoms with Crippen molar-refractivity contribution in [2.75, 3.05) is 5.73 Å². The van der Waals surface area contributed by atoms with Crippen LogP contribution in [0.1, 0.15) is 5.56 Å². The summed E-state index contributed by atoms with van der Waals surface area (Å²) in [6.45, 7) is -0.156. The minimum absolute atomic E-state index is 0.0676. The van der Waals surface area contributed by atoms with E-state index in [1.54, 1.807) is 12.1 Å². The monoisotopic (exact) mass is 436 g/mol. The molecule has 0 aliphatic rings. The lowest BCUT2D eigenvalue weighted by molar-refractivity contribution is 0.574. The Bertz CT molecular complexity index is 758. The molecule has 0 aromatic heterocycles. The first-order valence-corrected chi connectivity index (χ1v) is 8.86. The van der Waals surface area contributed by atoms with E-state index >= 15 is 0 Å². The van der Waals surface area contributed by atoms with Gasteiger partial charge in [0.15, 0.2) is 0 Å². The van der Waals surface area contributed by atoms with Gasteiger partial charge in [0.1, 0.15) is 10.7 Å². The van der Waals surface area contributed by atoms with E-state index in [4.69, 9.17) is 5.73 Å². The molecule has 21 heavy (non-hydrogen) atoms. The highest BCUT2D eigenvalue weighted by Crippen LogP contribution is 2.31. The van der Waals surface area contributed by atoms with Crippen molar-refractivity contribution in [3.8, 4) is 0 Å². The normalized spacial score (nSPS) is 11.6. The summed E-state index contributed by atoms with van der Waals surface area (Å²) in [7, 11) is -3.86. The Labute approximate surface area is 138 Å². The molecule has 0 unspecified atom stereocenters. The molecule has 0 atom stereocenters. The number of anilines is 1. The molecule has 0 saturated heterocycles. The first-order chi connectivity index (χ1) is 9.81. The van der Waals surface area contributed by atoms with Gasteiger partial charge >= 0.3 is 0 Å². The van der Waals surface area contributed by atoms with Crippen LogP contribution in [0.3, 0.4) is 0 Å². The Hall–Kier alpha value is -0.960. The summed E-state index contributed by atoms with van der Waals surface area (Å²) in [6.07, 6.45) is 0. The van der Waals surface area contributed by atoms with Crippen LogP contribution in [-0.2, 0) is 16.6 Å². The van der Waals surface area contributed by atoms with Crippen molar-refractivity contribution >= 4 is 47.6 Å². The minimum atomic E-state index is -3.86. The number of hydrogen-bond donors (Lipinski definition) is 2. The van der Waals surface area contributed by atoms with Gasteiger partial charge < -0.3 is 5.73 Å². The molecule has 0 radical (unpaired) electrons. The Morgan fingerprint density at radius 3 is 2.48 bits per heavy atom. The smallest absolute Gasteiger partial charge is 0.244 e. The fourth-order valence-electron chi connectivity index (χ4n) is 1.75. The van der Waals surface area contributed by atoms with Crippen LogP contribution >= 0.6 is 31.9 Å². The van der Waals surface area contributed by atoms with E-state index in [-0.39, 0.29) is 22.7 Å². The number of rotatable bonds is 4. The first-order valence-electron chi connectivity index (χ1n) is 5.79. The van der Waals surface area contributed by atoms with Gasteiger partial charge in [-0.1, -0.05) is 34.1 Å². The van der Waals surface area contributed by atoms with Crippen LogP contribution in [0.15, 0.2) is 50.2 Å². The van der Waals surface area contributed by atoms with Gasteiger partial charge in [0, 0.05) is 21.1 Å². The van der Waals surface area contributed by atoms with Gasteiger partial charge in [-0.15, -0.1) is 0 Å². The maximum absolute atomic E-state index is 13.5. The van der Waals surface area contributed by atoms with Crippen LogP contribution in [0.5, 0.6) is 0 Å². The summed E-state index contributed by atoms with van der Waals surface area (Å²) in [5.74, 6) is -0.469. The number of nitrogen functional groups attached to an aromatic ring is 1. The third-order valence-electron chi connectivity index (χ3n) is 2.72. The molecule has 3 N–H and O–H groups in total. The lowest BCUT2D eigenvalue weighted by Gasteiger charge is -2.12. The zero-order chi connectivity index (χ0) is 15.6. The second-order valence-electron chi connectivity index (χ2n) is 4.22. The van der Waals surface area contributed by atoms with E-state index < -0.39 is 15.8 Å². The van der Waals surface area contributed by atoms with Crippen LogP contribution in [-0.4, -0.2) is 8.42 Å². The zero-order valence-corrected chi connectivity index (χ0v) is 14.6. The highest BCUT2D eigenvalue weighted by atomic mass is 79.9. The maximum atomic E-state index is 13.5. The van der Waals surface area contributed by atoms with Gasteiger partial charge in [-0.3, -0.25) is 0 Å². The summed E-state index contributed by atoms with van der Waals surface area (Å²) in [6, 6.07) is 9.02. The molecule has 4 nitrogen and oxygen atoms in total. The summed E-state index contributed by atoms with van der Waals surface area (Å²) in [4.78, 5) is -0.0676. The van der Waals surface area contributed by atoms with Gasteiger partial charge in [-0.05, 0) is 34.1 Å². The lowest BCUT2D eigenvalue weighted by Crippen LogP contribution is -2.25. The number of sulfonamides is 1. The molecule has 0 amide bonds. The van der Waals surface area contributed by atoms with Crippen molar-refractivity contribution in [1.82, 2.24) is 4.72 Å². The quantitative estimate of drug-likeness (QED) is 0.720. The van der Waals surface area contributed by atoms with Crippen molar-refractivity contribution in [3.63, 3.8) is 0 Å². The Balaban J connectivity index is 2.30. The van der Waals surface area contributed by atoms with E-state index in [1.807, 2.05) is 0 Å². The molecule has 0 spiro atoms. The molecule has 0 aliphatic heterocycles. The van der Waals surface area contributed by atoms with Crippen LogP contribution in [0, 0.1) is 5.82 Å². The molecule has 2 aromatic carbocycles. The zero-order valence-electron chi connectivity index (χ0n) is 10.6. The van der Waals surface area contributed by atoms with Crippen molar-refractivity contribution in [1.29, 1.82) is 0 Å². The molecule has 0 fully saturated rings. The maximum Gasteiger partial charge on any atom is 0.244 e. The molecule has 0 saturated carbocycles. The van der Waals surface area contributed by atoms with E-state index in [9.17, 15) is 12.8 Å². The SMILES string of the molecule is Nc1cc(Br)cc(Br)c1S(=O)(=O)NCc1ccccc1F. The number of benzene rings is 2. The van der Waals surface area contributed by atoms with Crippen LogP contribution in [0.2, 0.25) is 0 Å². The molecule has 0 aliphatic carbocycles. The number of halogens is 3. The Morgan fingerprint density at radius 2 is 1.86 bits per heavy atom. The fourth-order valence-corrected chi connectivity index (χ4v) is 4.82. The summed E-state index contributed by atoms with van der Waals surface area (Å²) in [5, 5.41) is 0. The predicted molar refractivity (Wildman–Crippen MR) is 86.7 cm³/mol. The second-order valence-corrected chi connectivity index (χ2v) is 7.70. The second kappa shape index (κ2) is 6.43. The van der Waals surface area contributed by atoms with E-state index in [0.717, 1.165) is 0 Å². The number of nitrogens with one attached hydrogen (secondary N) is 1. The average Bonchev–Trinajstić information content (AvgIpc) is 2.36. The average molecular weight is 438 g/mol. The van der Waals surface area contributed by atoms with Crippen molar-refractivity contribution in [2.24, 2.45) is 0 Å². The van der Waals surface area contributed by atoms with Crippen LogP contribution in [0.4, 0.5) is 10.1 Å². The largest absolute Gasteiger partial charge is 0.398 e. The van der Waals surface area contributed by atoms with Gasteiger partial charge in [0.2, 0.25) is 10.0 Å². The number of nitrogens with two attached hydrogens (primary N) is 1. The number of hydrogen-bond acceptors (Lipinski definition) is 3. The third kappa shape index (κ3) is 3.82. The standard InChI is InChI=1S/C13H11Br2FN2O2S/c14-9-5-10(15)13(12(17)6-9)21(19,20)18-7-8-3-1-2-4-11(8)16/h1-6,18H,7,17H2. The summed E-state index contributed by atoms with van der Waals surface area (Å²) >= 11 is 6.40. The Morgan fingerprint density at radius 1 is 1.19 bits per heavy atom. The Kier molecular flexibility index (Phi) is 5.03. The fraction of sp³-hybridized carbons (Fsp3) is 0.0769. The predicted octanol–water partition coefficient (Wildman–Crippen LogP) is 3.41.